The lowest BCUT2D eigenvalue weighted by Gasteiger charge is -2.19. The van der Waals surface area contributed by atoms with Crippen LogP contribution in [0.4, 0.5) is 0 Å². The summed E-state index contributed by atoms with van der Waals surface area (Å²) in [5, 5.41) is 22.5. The molecule has 5 heteroatoms. The van der Waals surface area contributed by atoms with Crippen molar-refractivity contribution in [2.75, 3.05) is 13.7 Å². The third-order valence-corrected chi connectivity index (χ3v) is 2.94. The number of methoxy groups -OCH3 is 1. The minimum atomic E-state index is -0.974. The summed E-state index contributed by atoms with van der Waals surface area (Å²) in [5.74, 6) is 0.589. The number of aryl methyl sites for hydroxylation is 1. The highest BCUT2D eigenvalue weighted by Gasteiger charge is 2.18. The van der Waals surface area contributed by atoms with Crippen molar-refractivity contribution in [1.29, 1.82) is 0 Å². The number of aliphatic hydroxyl groups excluding tert-OH is 2. The number of ether oxygens (including phenoxy) is 1. The van der Waals surface area contributed by atoms with Crippen molar-refractivity contribution >= 4 is 5.91 Å². The molecule has 0 radical (unpaired) electrons. The van der Waals surface area contributed by atoms with Gasteiger partial charge in [-0.2, -0.15) is 0 Å². The van der Waals surface area contributed by atoms with Crippen molar-refractivity contribution in [1.82, 2.24) is 5.32 Å². The van der Waals surface area contributed by atoms with Crippen molar-refractivity contribution in [3.05, 3.63) is 29.3 Å². The Hall–Kier alpha value is -1.59. The lowest BCUT2D eigenvalue weighted by atomic mass is 10.00. The summed E-state index contributed by atoms with van der Waals surface area (Å²) >= 11 is 0. The average molecular weight is 267 g/mol. The number of carbonyl (C=O) groups is 1. The van der Waals surface area contributed by atoms with Gasteiger partial charge in [0, 0.05) is 13.5 Å². The average Bonchev–Trinajstić information content (AvgIpc) is 2.37. The van der Waals surface area contributed by atoms with Crippen LogP contribution in [0.1, 0.15) is 30.6 Å². The second kappa shape index (κ2) is 7.11. The molecule has 3 N–H and O–H groups in total. The highest BCUT2D eigenvalue weighted by atomic mass is 16.5. The molecule has 2 atom stereocenters. The van der Waals surface area contributed by atoms with Crippen molar-refractivity contribution in [3.63, 3.8) is 0 Å². The summed E-state index contributed by atoms with van der Waals surface area (Å²) in [6.45, 7) is 3.62. The Bertz CT molecular complexity index is 433. The molecule has 2 unspecified atom stereocenters. The van der Waals surface area contributed by atoms with E-state index in [1.54, 1.807) is 25.3 Å². The number of carbonyl (C=O) groups excluding carboxylic acids is 1. The maximum Gasteiger partial charge on any atom is 0.216 e. The van der Waals surface area contributed by atoms with Crippen LogP contribution in [-0.4, -0.2) is 35.9 Å². The molecular weight excluding hydrogens is 246 g/mol. The molecule has 1 rings (SSSR count). The van der Waals surface area contributed by atoms with Crippen molar-refractivity contribution < 1.29 is 19.7 Å². The van der Waals surface area contributed by atoms with Crippen LogP contribution in [-0.2, 0) is 4.79 Å². The van der Waals surface area contributed by atoms with Gasteiger partial charge in [0.25, 0.3) is 0 Å². The first-order chi connectivity index (χ1) is 8.95. The van der Waals surface area contributed by atoms with Gasteiger partial charge in [0.2, 0.25) is 5.91 Å². The molecule has 1 aromatic carbocycles. The Labute approximate surface area is 113 Å². The van der Waals surface area contributed by atoms with E-state index in [4.69, 9.17) is 4.74 Å². The molecule has 0 aliphatic carbocycles. The monoisotopic (exact) mass is 267 g/mol. The fourth-order valence-electron chi connectivity index (χ4n) is 1.86. The molecule has 0 saturated heterocycles. The molecule has 0 heterocycles. The van der Waals surface area contributed by atoms with E-state index in [0.29, 0.717) is 18.5 Å². The Morgan fingerprint density at radius 1 is 1.42 bits per heavy atom. The summed E-state index contributed by atoms with van der Waals surface area (Å²) in [6.07, 6.45) is -1.59. The molecule has 106 valence electrons. The van der Waals surface area contributed by atoms with E-state index in [1.807, 2.05) is 6.92 Å². The number of hydrogen-bond donors (Lipinski definition) is 3. The number of rotatable bonds is 6. The maximum atomic E-state index is 10.7. The molecule has 0 spiro atoms. The zero-order valence-corrected chi connectivity index (χ0v) is 11.5. The normalized spacial score (nSPS) is 13.7. The zero-order valence-electron chi connectivity index (χ0n) is 11.5. The number of aliphatic hydroxyl groups is 2. The lowest BCUT2D eigenvalue weighted by molar-refractivity contribution is -0.119. The summed E-state index contributed by atoms with van der Waals surface area (Å²) in [7, 11) is 1.58. The predicted molar refractivity (Wildman–Crippen MR) is 72.0 cm³/mol. The fourth-order valence-corrected chi connectivity index (χ4v) is 1.86. The van der Waals surface area contributed by atoms with E-state index in [1.165, 1.54) is 6.92 Å². The topological polar surface area (TPSA) is 78.8 Å². The molecule has 5 nitrogen and oxygen atoms in total. The molecular formula is C14H21NO4. The Morgan fingerprint density at radius 3 is 2.63 bits per heavy atom. The molecule has 0 bridgehead atoms. The molecule has 1 amide bonds. The molecule has 19 heavy (non-hydrogen) atoms. The van der Waals surface area contributed by atoms with E-state index >= 15 is 0 Å². The largest absolute Gasteiger partial charge is 0.496 e. The van der Waals surface area contributed by atoms with Crippen molar-refractivity contribution in [3.8, 4) is 5.75 Å². The van der Waals surface area contributed by atoms with Crippen molar-refractivity contribution in [2.24, 2.45) is 0 Å². The first-order valence-electron chi connectivity index (χ1n) is 6.20. The first-order valence-corrected chi connectivity index (χ1v) is 6.20. The van der Waals surface area contributed by atoms with E-state index in [9.17, 15) is 15.0 Å². The van der Waals surface area contributed by atoms with Gasteiger partial charge in [0.15, 0.2) is 0 Å². The quantitative estimate of drug-likeness (QED) is 0.716. The third kappa shape index (κ3) is 4.54. The van der Waals surface area contributed by atoms with Crippen molar-refractivity contribution in [2.45, 2.75) is 32.5 Å². The van der Waals surface area contributed by atoms with Gasteiger partial charge in [-0.15, -0.1) is 0 Å². The van der Waals surface area contributed by atoms with Gasteiger partial charge in [0.1, 0.15) is 11.9 Å². The number of nitrogens with one attached hydrogen (secondary N) is 1. The van der Waals surface area contributed by atoms with Gasteiger partial charge in [-0.25, -0.2) is 0 Å². The molecule has 0 saturated carbocycles. The van der Waals surface area contributed by atoms with E-state index in [0.717, 1.165) is 11.3 Å². The summed E-state index contributed by atoms with van der Waals surface area (Å²) in [6, 6.07) is 5.26. The van der Waals surface area contributed by atoms with Crippen LogP contribution in [0.3, 0.4) is 0 Å². The molecule has 0 aliphatic heterocycles. The second-order valence-electron chi connectivity index (χ2n) is 4.51. The van der Waals surface area contributed by atoms with Crippen LogP contribution < -0.4 is 10.1 Å². The van der Waals surface area contributed by atoms with Gasteiger partial charge in [-0.1, -0.05) is 6.07 Å². The van der Waals surface area contributed by atoms with Crippen LogP contribution in [0, 0.1) is 6.92 Å². The van der Waals surface area contributed by atoms with Gasteiger partial charge in [-0.3, -0.25) is 4.79 Å². The number of amides is 1. The highest BCUT2D eigenvalue weighted by molar-refractivity contribution is 5.72. The summed E-state index contributed by atoms with van der Waals surface area (Å²) in [4.78, 5) is 10.7. The minimum absolute atomic E-state index is 0.151. The number of benzene rings is 1. The van der Waals surface area contributed by atoms with Crippen LogP contribution in [0.15, 0.2) is 18.2 Å². The van der Waals surface area contributed by atoms with Crippen LogP contribution in [0.25, 0.3) is 0 Å². The molecule has 1 aromatic rings. The summed E-state index contributed by atoms with van der Waals surface area (Å²) < 4.78 is 5.14. The van der Waals surface area contributed by atoms with Crippen LogP contribution in [0.2, 0.25) is 0 Å². The molecule has 0 fully saturated rings. The van der Waals surface area contributed by atoms with Crippen LogP contribution in [0.5, 0.6) is 5.75 Å². The minimum Gasteiger partial charge on any atom is -0.496 e. The van der Waals surface area contributed by atoms with Gasteiger partial charge in [-0.05, 0) is 36.6 Å². The first kappa shape index (κ1) is 15.5. The molecule has 0 aliphatic rings. The zero-order chi connectivity index (χ0) is 14.4. The third-order valence-electron chi connectivity index (χ3n) is 2.94. The van der Waals surface area contributed by atoms with E-state index in [-0.39, 0.29) is 5.91 Å². The second-order valence-corrected chi connectivity index (χ2v) is 4.51. The predicted octanol–water partition coefficient (Wildman–Crippen LogP) is 0.924. The van der Waals surface area contributed by atoms with E-state index in [2.05, 4.69) is 5.32 Å². The smallest absolute Gasteiger partial charge is 0.216 e. The Balaban J connectivity index is 2.63. The SMILES string of the molecule is COc1ccc(C(O)C(O)CCNC(C)=O)cc1C. The van der Waals surface area contributed by atoms with Crippen LogP contribution >= 0.6 is 0 Å². The maximum absolute atomic E-state index is 10.7. The van der Waals surface area contributed by atoms with E-state index < -0.39 is 12.2 Å². The highest BCUT2D eigenvalue weighted by Crippen LogP contribution is 2.25. The molecule has 0 aromatic heterocycles. The van der Waals surface area contributed by atoms with Gasteiger partial charge in [0.05, 0.1) is 13.2 Å². The lowest BCUT2D eigenvalue weighted by Crippen LogP contribution is -2.27. The van der Waals surface area contributed by atoms with Gasteiger partial charge < -0.3 is 20.3 Å². The Morgan fingerprint density at radius 2 is 2.11 bits per heavy atom. The van der Waals surface area contributed by atoms with Gasteiger partial charge >= 0.3 is 0 Å². The Kier molecular flexibility index (Phi) is 5.79. The summed E-state index contributed by atoms with van der Waals surface area (Å²) in [5.41, 5.74) is 1.53. The standard InChI is InChI=1S/C14H21NO4/c1-9-8-11(4-5-13(9)19-3)14(18)12(17)6-7-15-10(2)16/h4-5,8,12,14,17-18H,6-7H2,1-3H3,(H,15,16). The fraction of sp³-hybridized carbons (Fsp3) is 0.500. The number of hydrogen-bond acceptors (Lipinski definition) is 4.